The minimum absolute atomic E-state index is 0.589. The third-order valence-corrected chi connectivity index (χ3v) is 5.22. The fourth-order valence-corrected chi connectivity index (χ4v) is 3.51. The first-order chi connectivity index (χ1) is 9.22. The maximum absolute atomic E-state index is 3.82. The second kappa shape index (κ2) is 11.0. The smallest absolute Gasteiger partial charge is 0.0200 e. The highest BCUT2D eigenvalue weighted by Crippen LogP contribution is 2.21. The summed E-state index contributed by atoms with van der Waals surface area (Å²) in [5.74, 6) is 0. The summed E-state index contributed by atoms with van der Waals surface area (Å²) >= 11 is 7.61. The van der Waals surface area contributed by atoms with E-state index < -0.39 is 0 Å². The van der Waals surface area contributed by atoms with Crippen LogP contribution in [-0.2, 0) is 6.42 Å². The summed E-state index contributed by atoms with van der Waals surface area (Å²) in [6.45, 7) is 2.27. The van der Waals surface area contributed by atoms with Gasteiger partial charge in [-0.1, -0.05) is 70.9 Å². The highest BCUT2D eigenvalue weighted by molar-refractivity contribution is 9.09. The minimum atomic E-state index is 0.589. The zero-order chi connectivity index (χ0) is 13.9. The average Bonchev–Trinajstić information content (AvgIpc) is 2.89. The molecule has 0 spiro atoms. The molecule has 0 saturated carbocycles. The topological polar surface area (TPSA) is 15.8 Å². The van der Waals surface area contributed by atoms with Gasteiger partial charge in [-0.3, -0.25) is 0 Å². The van der Waals surface area contributed by atoms with Crippen LogP contribution in [0.15, 0.2) is 18.3 Å². The van der Waals surface area contributed by atoms with Gasteiger partial charge in [-0.15, -0.1) is 0 Å². The molecule has 0 radical (unpaired) electrons. The zero-order valence-corrected chi connectivity index (χ0v) is 15.2. The monoisotopic (exact) mass is 391 g/mol. The number of halogens is 2. The lowest BCUT2D eigenvalue weighted by Gasteiger charge is -2.13. The summed E-state index contributed by atoms with van der Waals surface area (Å²) in [7, 11) is 0. The molecule has 0 aliphatic heterocycles. The maximum Gasteiger partial charge on any atom is 0.0200 e. The second-order valence-corrected chi connectivity index (χ2v) is 7.96. The van der Waals surface area contributed by atoms with E-state index in [-0.39, 0.29) is 0 Å². The van der Waals surface area contributed by atoms with E-state index in [4.69, 9.17) is 0 Å². The van der Waals surface area contributed by atoms with Crippen LogP contribution in [0.5, 0.6) is 0 Å². The Morgan fingerprint density at radius 2 is 1.74 bits per heavy atom. The summed E-state index contributed by atoms with van der Waals surface area (Å²) in [4.78, 5) is 4.55. The highest BCUT2D eigenvalue weighted by atomic mass is 79.9. The quantitative estimate of drug-likeness (QED) is 0.339. The van der Waals surface area contributed by atoms with Gasteiger partial charge in [0.05, 0.1) is 0 Å². The third-order valence-electron chi connectivity index (χ3n) is 3.52. The molecule has 0 amide bonds. The number of rotatable bonds is 11. The van der Waals surface area contributed by atoms with E-state index >= 15 is 0 Å². The molecule has 0 aliphatic rings. The van der Waals surface area contributed by atoms with Crippen molar-refractivity contribution in [2.24, 2.45) is 0 Å². The van der Waals surface area contributed by atoms with Crippen molar-refractivity contribution in [1.82, 2.24) is 4.98 Å². The molecule has 110 valence electrons. The molecule has 1 N–H and O–H groups in total. The Hall–Kier alpha value is 0.240. The van der Waals surface area contributed by atoms with Crippen molar-refractivity contribution in [1.29, 1.82) is 0 Å². The molecular weight excluding hydrogens is 366 g/mol. The number of H-pyrrole nitrogens is 1. The molecule has 2 unspecified atom stereocenters. The van der Waals surface area contributed by atoms with Crippen molar-refractivity contribution in [2.45, 2.75) is 74.4 Å². The van der Waals surface area contributed by atoms with Gasteiger partial charge < -0.3 is 4.98 Å². The number of hydrogen-bond acceptors (Lipinski definition) is 0. The Labute approximate surface area is 135 Å². The number of unbranched alkanes of at least 4 members (excludes halogenated alkanes) is 4. The fraction of sp³-hybridized carbons (Fsp3) is 0.750. The largest absolute Gasteiger partial charge is 0.365 e. The molecule has 0 saturated heterocycles. The van der Waals surface area contributed by atoms with Crippen LogP contribution >= 0.6 is 31.9 Å². The number of alkyl halides is 2. The maximum atomic E-state index is 3.82. The number of aromatic nitrogens is 1. The van der Waals surface area contributed by atoms with E-state index in [0.717, 1.165) is 6.42 Å². The Balaban J connectivity index is 2.01. The van der Waals surface area contributed by atoms with Crippen LogP contribution in [0.3, 0.4) is 0 Å². The first-order valence-electron chi connectivity index (χ1n) is 7.62. The molecule has 1 heterocycles. The van der Waals surface area contributed by atoms with Gasteiger partial charge in [-0.25, -0.2) is 0 Å². The average molecular weight is 393 g/mol. The van der Waals surface area contributed by atoms with Gasteiger partial charge in [0, 0.05) is 21.5 Å². The molecule has 2 atom stereocenters. The Kier molecular flexibility index (Phi) is 9.98. The first-order valence-corrected chi connectivity index (χ1v) is 9.46. The summed E-state index contributed by atoms with van der Waals surface area (Å²) < 4.78 is 0. The standard InChI is InChI=1S/C16H27Br2N/c1-2-3-4-5-6-8-14(17)10-11-15(18)13-16-9-7-12-19-16/h7,9,12,14-15,19H,2-6,8,10-11,13H2,1H3. The predicted molar refractivity (Wildman–Crippen MR) is 92.5 cm³/mol. The Bertz CT molecular complexity index is 298. The van der Waals surface area contributed by atoms with E-state index in [1.165, 1.54) is 57.1 Å². The van der Waals surface area contributed by atoms with Crippen LogP contribution in [0.2, 0.25) is 0 Å². The van der Waals surface area contributed by atoms with Crippen molar-refractivity contribution in [3.05, 3.63) is 24.0 Å². The second-order valence-electron chi connectivity index (χ2n) is 5.37. The summed E-state index contributed by atoms with van der Waals surface area (Å²) in [5.41, 5.74) is 1.33. The molecule has 1 nitrogen and oxygen atoms in total. The zero-order valence-electron chi connectivity index (χ0n) is 12.0. The summed E-state index contributed by atoms with van der Waals surface area (Å²) in [5, 5.41) is 0. The number of hydrogen-bond donors (Lipinski definition) is 1. The van der Waals surface area contributed by atoms with E-state index in [1.807, 2.05) is 6.20 Å². The normalized spacial score (nSPS) is 14.5. The number of nitrogens with one attached hydrogen (secondary N) is 1. The lowest BCUT2D eigenvalue weighted by atomic mass is 10.1. The van der Waals surface area contributed by atoms with Crippen molar-refractivity contribution < 1.29 is 0 Å². The van der Waals surface area contributed by atoms with Crippen LogP contribution < -0.4 is 0 Å². The summed E-state index contributed by atoms with van der Waals surface area (Å²) in [6, 6.07) is 4.23. The Morgan fingerprint density at radius 3 is 2.42 bits per heavy atom. The first kappa shape index (κ1) is 17.3. The molecule has 19 heavy (non-hydrogen) atoms. The van der Waals surface area contributed by atoms with Crippen LogP contribution in [0.4, 0.5) is 0 Å². The molecule has 0 aliphatic carbocycles. The van der Waals surface area contributed by atoms with Crippen LogP contribution in [-0.4, -0.2) is 14.6 Å². The van der Waals surface area contributed by atoms with Crippen molar-refractivity contribution in [2.75, 3.05) is 0 Å². The minimum Gasteiger partial charge on any atom is -0.365 e. The predicted octanol–water partition coefficient (Wildman–Crippen LogP) is 6.22. The van der Waals surface area contributed by atoms with Gasteiger partial charge in [0.2, 0.25) is 0 Å². The molecule has 0 fully saturated rings. The van der Waals surface area contributed by atoms with Crippen LogP contribution in [0.1, 0.15) is 64.0 Å². The van der Waals surface area contributed by atoms with Crippen LogP contribution in [0, 0.1) is 0 Å². The Morgan fingerprint density at radius 1 is 1.00 bits per heavy atom. The van der Waals surface area contributed by atoms with E-state index in [9.17, 15) is 0 Å². The molecular formula is C16H27Br2N. The molecule has 3 heteroatoms. The van der Waals surface area contributed by atoms with Crippen molar-refractivity contribution >= 4 is 31.9 Å². The van der Waals surface area contributed by atoms with Gasteiger partial charge in [0.25, 0.3) is 0 Å². The van der Waals surface area contributed by atoms with E-state index in [0.29, 0.717) is 9.65 Å². The molecule has 0 aromatic carbocycles. The SMILES string of the molecule is CCCCCCCC(Br)CCC(Br)Cc1ccc[nH]1. The van der Waals surface area contributed by atoms with Crippen molar-refractivity contribution in [3.63, 3.8) is 0 Å². The lowest BCUT2D eigenvalue weighted by molar-refractivity contribution is 0.573. The highest BCUT2D eigenvalue weighted by Gasteiger charge is 2.10. The lowest BCUT2D eigenvalue weighted by Crippen LogP contribution is -2.07. The van der Waals surface area contributed by atoms with Gasteiger partial charge in [-0.2, -0.15) is 0 Å². The van der Waals surface area contributed by atoms with E-state index in [1.54, 1.807) is 0 Å². The summed E-state index contributed by atoms with van der Waals surface area (Å²) in [6.07, 6.45) is 13.8. The molecule has 1 aromatic rings. The van der Waals surface area contributed by atoms with Crippen LogP contribution in [0.25, 0.3) is 0 Å². The third kappa shape index (κ3) is 8.91. The van der Waals surface area contributed by atoms with Gasteiger partial charge in [-0.05, 0) is 37.8 Å². The molecule has 1 aromatic heterocycles. The van der Waals surface area contributed by atoms with Gasteiger partial charge in [0.15, 0.2) is 0 Å². The fourth-order valence-electron chi connectivity index (χ4n) is 2.31. The van der Waals surface area contributed by atoms with Gasteiger partial charge >= 0.3 is 0 Å². The van der Waals surface area contributed by atoms with E-state index in [2.05, 4.69) is 55.9 Å². The number of aromatic amines is 1. The molecule has 1 rings (SSSR count). The molecule has 0 bridgehead atoms. The van der Waals surface area contributed by atoms with Crippen molar-refractivity contribution in [3.8, 4) is 0 Å². The van der Waals surface area contributed by atoms with Gasteiger partial charge in [0.1, 0.15) is 0 Å².